The van der Waals surface area contributed by atoms with Crippen LogP contribution in [0.15, 0.2) is 279 Å². The van der Waals surface area contributed by atoms with Crippen molar-refractivity contribution in [3.05, 3.63) is 279 Å². The van der Waals surface area contributed by atoms with Gasteiger partial charge in [-0.05, 0) is 141 Å². The lowest BCUT2D eigenvalue weighted by molar-refractivity contribution is 1.29. The SMILES string of the molecule is c1ccc(-c2c(-c3c4ccccc4c(-c4sc5ccc(N(c6ccccc6)c6ccccc6)cc5c4-c4ccccc4)c4cc5ccccc5cc34)sc3ccc(N(c4ccccc4)c4ccccc4)cc23)cc1. The van der Waals surface area contributed by atoms with Crippen molar-refractivity contribution in [3.8, 4) is 43.1 Å². The molecule has 0 aliphatic rings. The minimum Gasteiger partial charge on any atom is -0.310 e. The summed E-state index contributed by atoms with van der Waals surface area (Å²) in [6.07, 6.45) is 0. The molecule has 4 heteroatoms. The fourth-order valence-electron chi connectivity index (χ4n) is 11.1. The zero-order valence-electron chi connectivity index (χ0n) is 40.3. The maximum atomic E-state index is 2.47. The van der Waals surface area contributed by atoms with E-state index < -0.39 is 0 Å². The van der Waals surface area contributed by atoms with Gasteiger partial charge in [0.25, 0.3) is 0 Å². The molecule has 2 nitrogen and oxygen atoms in total. The third kappa shape index (κ3) is 7.54. The number of nitrogens with zero attached hydrogens (tertiary/aromatic N) is 2. The molecule has 0 aliphatic heterocycles. The minimum atomic E-state index is 1.12. The summed E-state index contributed by atoms with van der Waals surface area (Å²) in [5, 5.41) is 9.88. The number of fused-ring (bicyclic) bond motifs is 5. The average molecular weight is 979 g/mol. The Bertz CT molecular complexity index is 3980. The van der Waals surface area contributed by atoms with Crippen molar-refractivity contribution in [2.75, 3.05) is 9.80 Å². The number of hydrogen-bond acceptors (Lipinski definition) is 4. The molecule has 12 aromatic carbocycles. The Kier molecular flexibility index (Phi) is 10.9. The van der Waals surface area contributed by atoms with Crippen molar-refractivity contribution in [2.24, 2.45) is 0 Å². The third-order valence-corrected chi connectivity index (χ3v) is 16.8. The van der Waals surface area contributed by atoms with Gasteiger partial charge in [-0.15, -0.1) is 22.7 Å². The van der Waals surface area contributed by atoms with Gasteiger partial charge < -0.3 is 9.80 Å². The Morgan fingerprint density at radius 2 is 0.527 bits per heavy atom. The van der Waals surface area contributed by atoms with Crippen molar-refractivity contribution < 1.29 is 0 Å². The normalized spacial score (nSPS) is 11.5. The van der Waals surface area contributed by atoms with Crippen LogP contribution < -0.4 is 9.80 Å². The molecule has 2 aromatic heterocycles. The van der Waals surface area contributed by atoms with E-state index in [2.05, 4.69) is 289 Å². The molecule has 2 heterocycles. The van der Waals surface area contributed by atoms with Crippen LogP contribution in [0, 0.1) is 0 Å². The highest BCUT2D eigenvalue weighted by molar-refractivity contribution is 7.23. The zero-order chi connectivity index (χ0) is 49.0. The Balaban J connectivity index is 1.06. The molecule has 0 atom stereocenters. The summed E-state index contributed by atoms with van der Waals surface area (Å²) in [5.41, 5.74) is 14.1. The maximum absolute atomic E-state index is 2.47. The van der Waals surface area contributed by atoms with Gasteiger partial charge in [-0.2, -0.15) is 0 Å². The van der Waals surface area contributed by atoms with Gasteiger partial charge in [0.15, 0.2) is 0 Å². The molecule has 0 saturated heterocycles. The number of hydrogen-bond donors (Lipinski definition) is 0. The van der Waals surface area contributed by atoms with Gasteiger partial charge >= 0.3 is 0 Å². The molecule has 0 unspecified atom stereocenters. The zero-order valence-corrected chi connectivity index (χ0v) is 41.9. The van der Waals surface area contributed by atoms with Crippen LogP contribution in [-0.2, 0) is 0 Å². The lowest BCUT2D eigenvalue weighted by Crippen LogP contribution is -2.09. The van der Waals surface area contributed by atoms with Gasteiger partial charge in [-0.25, -0.2) is 0 Å². The molecule has 348 valence electrons. The van der Waals surface area contributed by atoms with Gasteiger partial charge in [0.2, 0.25) is 0 Å². The molecule has 0 fully saturated rings. The van der Waals surface area contributed by atoms with Crippen LogP contribution in [-0.4, -0.2) is 0 Å². The summed E-state index contributed by atoms with van der Waals surface area (Å²) in [4.78, 5) is 7.28. The van der Waals surface area contributed by atoms with Crippen LogP contribution in [0.3, 0.4) is 0 Å². The standard InChI is InChI=1S/C70H46N2S2/c1-7-23-47(24-8-1)65-61-45-55(71(51-29-11-3-12-30-51)52-31-13-4-14-32-52)39-41-63(61)73-69(65)67-57-37-21-22-38-58(57)68(60-44-50-28-20-19-27-49(50)43-59(60)67)70-66(48-25-9-2-10-26-48)62-46-56(40-42-64(62)74-70)72(53-33-15-5-16-34-53)54-35-17-6-18-36-54/h1-46H. The second kappa shape index (κ2) is 18.5. The quantitative estimate of drug-likeness (QED) is 0.126. The van der Waals surface area contributed by atoms with Crippen LogP contribution in [0.5, 0.6) is 0 Å². The molecule has 74 heavy (non-hydrogen) atoms. The Morgan fingerprint density at radius 3 is 0.878 bits per heavy atom. The van der Waals surface area contributed by atoms with Crippen LogP contribution in [0.2, 0.25) is 0 Å². The molecular weight excluding hydrogens is 933 g/mol. The molecule has 0 aliphatic carbocycles. The number of benzene rings is 12. The highest BCUT2D eigenvalue weighted by Gasteiger charge is 2.27. The molecular formula is C70H46N2S2. The highest BCUT2D eigenvalue weighted by atomic mass is 32.1. The predicted molar refractivity (Wildman–Crippen MR) is 321 cm³/mol. The lowest BCUT2D eigenvalue weighted by atomic mass is 9.85. The van der Waals surface area contributed by atoms with Crippen molar-refractivity contribution in [2.45, 2.75) is 0 Å². The first-order valence-electron chi connectivity index (χ1n) is 25.2. The summed E-state index contributed by atoms with van der Waals surface area (Å²) in [7, 11) is 0. The summed E-state index contributed by atoms with van der Waals surface area (Å²) in [6, 6.07) is 102. The maximum Gasteiger partial charge on any atom is 0.0468 e. The van der Waals surface area contributed by atoms with E-state index in [1.807, 2.05) is 22.7 Å². The number of para-hydroxylation sites is 4. The predicted octanol–water partition coefficient (Wildman–Crippen LogP) is 21.2. The second-order valence-corrected chi connectivity index (χ2v) is 20.9. The van der Waals surface area contributed by atoms with E-state index in [0.29, 0.717) is 0 Å². The first-order chi connectivity index (χ1) is 36.7. The number of anilines is 6. The van der Waals surface area contributed by atoms with Crippen LogP contribution in [0.4, 0.5) is 34.1 Å². The first-order valence-corrected chi connectivity index (χ1v) is 26.8. The van der Waals surface area contributed by atoms with E-state index in [1.54, 1.807) is 0 Å². The molecule has 14 aromatic rings. The van der Waals surface area contributed by atoms with Crippen molar-refractivity contribution >= 4 is 109 Å². The van der Waals surface area contributed by atoms with E-state index in [9.17, 15) is 0 Å². The van der Waals surface area contributed by atoms with E-state index >= 15 is 0 Å². The molecule has 0 amide bonds. The molecule has 0 spiro atoms. The van der Waals surface area contributed by atoms with Crippen molar-refractivity contribution in [3.63, 3.8) is 0 Å². The van der Waals surface area contributed by atoms with Crippen LogP contribution in [0.1, 0.15) is 0 Å². The van der Waals surface area contributed by atoms with Gasteiger partial charge in [-0.1, -0.05) is 182 Å². The summed E-state index contributed by atoms with van der Waals surface area (Å²) in [6.45, 7) is 0. The van der Waals surface area contributed by atoms with E-state index in [1.165, 1.54) is 95.6 Å². The molecule has 14 rings (SSSR count). The first kappa shape index (κ1) is 43.7. The summed E-state index contributed by atoms with van der Waals surface area (Å²) in [5.74, 6) is 0. The fraction of sp³-hybridized carbons (Fsp3) is 0. The number of thiophene rings is 2. The number of rotatable bonds is 10. The van der Waals surface area contributed by atoms with Crippen LogP contribution >= 0.6 is 22.7 Å². The second-order valence-electron chi connectivity index (χ2n) is 18.8. The topological polar surface area (TPSA) is 6.48 Å². The van der Waals surface area contributed by atoms with Crippen LogP contribution in [0.25, 0.3) is 95.6 Å². The fourth-order valence-corrected chi connectivity index (χ4v) is 13.7. The Hall–Kier alpha value is -9.06. The molecule has 0 radical (unpaired) electrons. The van der Waals surface area contributed by atoms with Gasteiger partial charge in [-0.3, -0.25) is 0 Å². The average Bonchev–Trinajstić information content (AvgIpc) is 4.09. The largest absolute Gasteiger partial charge is 0.310 e. The van der Waals surface area contributed by atoms with Gasteiger partial charge in [0.1, 0.15) is 0 Å². The molecule has 0 N–H and O–H groups in total. The molecule has 0 saturated carbocycles. The van der Waals surface area contributed by atoms with E-state index in [0.717, 1.165) is 34.1 Å². The third-order valence-electron chi connectivity index (χ3n) is 14.4. The highest BCUT2D eigenvalue weighted by Crippen LogP contribution is 2.56. The monoisotopic (exact) mass is 978 g/mol. The van der Waals surface area contributed by atoms with E-state index in [-0.39, 0.29) is 0 Å². The minimum absolute atomic E-state index is 1.12. The summed E-state index contributed by atoms with van der Waals surface area (Å²) >= 11 is 3.81. The lowest BCUT2D eigenvalue weighted by Gasteiger charge is -2.25. The summed E-state index contributed by atoms with van der Waals surface area (Å²) < 4.78 is 2.50. The molecule has 0 bridgehead atoms. The smallest absolute Gasteiger partial charge is 0.0468 e. The van der Waals surface area contributed by atoms with Crippen molar-refractivity contribution in [1.29, 1.82) is 0 Å². The van der Waals surface area contributed by atoms with E-state index in [4.69, 9.17) is 0 Å². The van der Waals surface area contributed by atoms with Crippen molar-refractivity contribution in [1.82, 2.24) is 0 Å². The Labute approximate surface area is 438 Å². The Morgan fingerprint density at radius 1 is 0.216 bits per heavy atom. The van der Waals surface area contributed by atoms with Gasteiger partial charge in [0.05, 0.1) is 0 Å². The van der Waals surface area contributed by atoms with Gasteiger partial charge in [0, 0.05) is 86.3 Å².